The van der Waals surface area contributed by atoms with E-state index < -0.39 is 35.2 Å². The van der Waals surface area contributed by atoms with Crippen molar-refractivity contribution in [3.8, 4) is 0 Å². The number of aromatic nitrogens is 2. The van der Waals surface area contributed by atoms with E-state index in [-0.39, 0.29) is 25.0 Å². The molecule has 5 unspecified atom stereocenters. The molecule has 5 aromatic rings. The summed E-state index contributed by atoms with van der Waals surface area (Å²) in [5, 5.41) is 13.0. The van der Waals surface area contributed by atoms with Gasteiger partial charge in [-0.05, 0) is 58.2 Å². The standard InChI is InChI=1S/C44H35N3O5/c48-36(23-22-29-14-4-1-5-15-29)52-27-26-47-42(49)39-32-28-33(44(51,31-18-8-3-9-19-31)35-21-11-13-25-46-35)40(41(39)43(47)50)38(32)37(30-16-6-2-7-17-30)34-20-10-12-24-45-34/h1-25,28,32,39-41,51H,26-27H2. The molecule has 3 heterocycles. The summed E-state index contributed by atoms with van der Waals surface area (Å²) in [5.41, 5.74) is 4.08. The third-order valence-corrected chi connectivity index (χ3v) is 10.3. The van der Waals surface area contributed by atoms with Crippen LogP contribution in [0.4, 0.5) is 0 Å². The molecule has 1 saturated carbocycles. The van der Waals surface area contributed by atoms with Crippen molar-refractivity contribution >= 4 is 29.4 Å². The van der Waals surface area contributed by atoms with Crippen LogP contribution in [-0.4, -0.2) is 50.9 Å². The monoisotopic (exact) mass is 685 g/mol. The molecule has 0 spiro atoms. The molecule has 2 aromatic heterocycles. The number of hydrogen-bond donors (Lipinski definition) is 1. The zero-order valence-electron chi connectivity index (χ0n) is 28.2. The second kappa shape index (κ2) is 13.8. The summed E-state index contributed by atoms with van der Waals surface area (Å²) in [6, 6.07) is 39.6. The molecule has 2 amide bonds. The highest BCUT2D eigenvalue weighted by Gasteiger charge is 2.66. The first kappa shape index (κ1) is 32.9. The van der Waals surface area contributed by atoms with Crippen LogP contribution in [-0.2, 0) is 24.7 Å². The quantitative estimate of drug-likeness (QED) is 0.0801. The lowest BCUT2D eigenvalue weighted by molar-refractivity contribution is -0.145. The first-order chi connectivity index (χ1) is 25.5. The van der Waals surface area contributed by atoms with Gasteiger partial charge in [-0.25, -0.2) is 4.79 Å². The maximum absolute atomic E-state index is 14.5. The summed E-state index contributed by atoms with van der Waals surface area (Å²) < 4.78 is 5.43. The summed E-state index contributed by atoms with van der Waals surface area (Å²) in [4.78, 5) is 52.0. The number of benzene rings is 3. The largest absolute Gasteiger partial charge is 0.461 e. The highest BCUT2D eigenvalue weighted by molar-refractivity contribution is 6.08. The Morgan fingerprint density at radius 2 is 1.40 bits per heavy atom. The third kappa shape index (κ3) is 5.67. The Labute approximate surface area is 301 Å². The lowest BCUT2D eigenvalue weighted by Crippen LogP contribution is -2.39. The zero-order valence-corrected chi connectivity index (χ0v) is 28.2. The minimum Gasteiger partial charge on any atom is -0.461 e. The lowest BCUT2D eigenvalue weighted by Gasteiger charge is -2.36. The van der Waals surface area contributed by atoms with E-state index in [1.807, 2.05) is 121 Å². The van der Waals surface area contributed by atoms with Crippen molar-refractivity contribution in [3.05, 3.63) is 191 Å². The van der Waals surface area contributed by atoms with Gasteiger partial charge in [-0.2, -0.15) is 0 Å². The summed E-state index contributed by atoms with van der Waals surface area (Å²) in [5.74, 6) is -3.90. The number of aliphatic hydroxyl groups is 1. The molecule has 3 aliphatic rings. The maximum atomic E-state index is 14.5. The Morgan fingerprint density at radius 1 is 0.769 bits per heavy atom. The molecule has 2 fully saturated rings. The van der Waals surface area contributed by atoms with Crippen molar-refractivity contribution in [2.24, 2.45) is 23.7 Å². The fourth-order valence-corrected chi connectivity index (χ4v) is 8.15. The summed E-state index contributed by atoms with van der Waals surface area (Å²) in [7, 11) is 0. The van der Waals surface area contributed by atoms with Crippen molar-refractivity contribution in [1.29, 1.82) is 0 Å². The van der Waals surface area contributed by atoms with Crippen LogP contribution in [0.15, 0.2) is 163 Å². The van der Waals surface area contributed by atoms with E-state index in [0.29, 0.717) is 22.5 Å². The van der Waals surface area contributed by atoms with Gasteiger partial charge in [0.1, 0.15) is 6.61 Å². The minimum atomic E-state index is -1.71. The van der Waals surface area contributed by atoms with E-state index >= 15 is 0 Å². The van der Waals surface area contributed by atoms with E-state index in [2.05, 4.69) is 4.98 Å². The zero-order chi connectivity index (χ0) is 35.7. The number of amides is 2. The first-order valence-electron chi connectivity index (χ1n) is 17.3. The predicted octanol–water partition coefficient (Wildman–Crippen LogP) is 6.26. The lowest BCUT2D eigenvalue weighted by atomic mass is 9.71. The van der Waals surface area contributed by atoms with Crippen LogP contribution in [0.3, 0.4) is 0 Å². The van der Waals surface area contributed by atoms with Gasteiger partial charge >= 0.3 is 5.97 Å². The number of carbonyl (C=O) groups excluding carboxylic acids is 3. The third-order valence-electron chi connectivity index (χ3n) is 10.3. The minimum absolute atomic E-state index is 0.0710. The maximum Gasteiger partial charge on any atom is 0.330 e. The number of likely N-dealkylation sites (tertiary alicyclic amines) is 1. The van der Waals surface area contributed by atoms with Gasteiger partial charge in [-0.15, -0.1) is 0 Å². The van der Waals surface area contributed by atoms with Crippen molar-refractivity contribution in [2.75, 3.05) is 13.2 Å². The molecule has 1 saturated heterocycles. The summed E-state index contributed by atoms with van der Waals surface area (Å²) in [6.45, 7) is -0.212. The number of pyridine rings is 2. The van der Waals surface area contributed by atoms with Crippen LogP contribution >= 0.6 is 0 Å². The molecule has 52 heavy (non-hydrogen) atoms. The Morgan fingerprint density at radius 3 is 2.08 bits per heavy atom. The Hall–Kier alpha value is -6.25. The number of carbonyl (C=O) groups is 3. The predicted molar refractivity (Wildman–Crippen MR) is 196 cm³/mol. The Kier molecular flexibility index (Phi) is 8.75. The number of esters is 1. The Balaban J connectivity index is 1.20. The van der Waals surface area contributed by atoms with Gasteiger partial charge in [0, 0.05) is 35.9 Å². The van der Waals surface area contributed by atoms with Crippen LogP contribution in [0.2, 0.25) is 0 Å². The molecule has 3 aromatic carbocycles. The van der Waals surface area contributed by atoms with Crippen LogP contribution in [0.5, 0.6) is 0 Å². The molecular weight excluding hydrogens is 651 g/mol. The van der Waals surface area contributed by atoms with Crippen LogP contribution in [0, 0.1) is 23.7 Å². The molecule has 256 valence electrons. The second-order valence-corrected chi connectivity index (χ2v) is 13.1. The van der Waals surface area contributed by atoms with Crippen molar-refractivity contribution < 1.29 is 24.2 Å². The topological polar surface area (TPSA) is 110 Å². The van der Waals surface area contributed by atoms with E-state index in [1.54, 1.807) is 30.6 Å². The van der Waals surface area contributed by atoms with Crippen LogP contribution in [0.25, 0.3) is 11.6 Å². The summed E-state index contributed by atoms with van der Waals surface area (Å²) >= 11 is 0. The van der Waals surface area contributed by atoms with Gasteiger partial charge < -0.3 is 9.84 Å². The number of imide groups is 1. The van der Waals surface area contributed by atoms with Gasteiger partial charge in [0.15, 0.2) is 5.60 Å². The van der Waals surface area contributed by atoms with Gasteiger partial charge in [-0.1, -0.05) is 109 Å². The molecule has 1 aliphatic heterocycles. The normalized spacial score (nSPS) is 22.6. The van der Waals surface area contributed by atoms with Crippen molar-refractivity contribution in [1.82, 2.24) is 14.9 Å². The van der Waals surface area contributed by atoms with Crippen molar-refractivity contribution in [2.45, 2.75) is 5.60 Å². The number of hydrogen-bond acceptors (Lipinski definition) is 7. The number of fused-ring (bicyclic) bond motifs is 5. The fraction of sp³-hybridized carbons (Fsp3) is 0.159. The first-order valence-corrected chi connectivity index (χ1v) is 17.3. The molecule has 2 aliphatic carbocycles. The van der Waals surface area contributed by atoms with E-state index in [9.17, 15) is 19.5 Å². The van der Waals surface area contributed by atoms with E-state index in [4.69, 9.17) is 9.72 Å². The second-order valence-electron chi connectivity index (χ2n) is 13.1. The number of allylic oxidation sites excluding steroid dienone is 2. The molecule has 5 atom stereocenters. The van der Waals surface area contributed by atoms with Gasteiger partial charge in [0.2, 0.25) is 11.8 Å². The average Bonchev–Trinajstić information content (AvgIpc) is 3.82. The number of nitrogens with zero attached hydrogens (tertiary/aromatic N) is 3. The fourth-order valence-electron chi connectivity index (χ4n) is 8.15. The molecule has 2 bridgehead atoms. The number of ether oxygens (including phenoxy) is 1. The molecule has 8 nitrogen and oxygen atoms in total. The molecular formula is C44H35N3O5. The molecule has 1 N–H and O–H groups in total. The average molecular weight is 686 g/mol. The van der Waals surface area contributed by atoms with Crippen LogP contribution in [0.1, 0.15) is 28.1 Å². The number of rotatable bonds is 10. The Bertz CT molecular complexity index is 2120. The molecule has 8 rings (SSSR count). The van der Waals surface area contributed by atoms with E-state index in [0.717, 1.165) is 22.3 Å². The summed E-state index contributed by atoms with van der Waals surface area (Å²) in [6.07, 6.45) is 8.34. The molecule has 8 heteroatoms. The smallest absolute Gasteiger partial charge is 0.330 e. The van der Waals surface area contributed by atoms with E-state index in [1.165, 1.54) is 11.0 Å². The van der Waals surface area contributed by atoms with Crippen LogP contribution < -0.4 is 0 Å². The van der Waals surface area contributed by atoms with Crippen molar-refractivity contribution in [3.63, 3.8) is 0 Å². The molecule has 0 radical (unpaired) electrons. The van der Waals surface area contributed by atoms with Gasteiger partial charge in [0.25, 0.3) is 0 Å². The van der Waals surface area contributed by atoms with Gasteiger partial charge in [0.05, 0.1) is 29.8 Å². The highest BCUT2D eigenvalue weighted by atomic mass is 16.5. The highest BCUT2D eigenvalue weighted by Crippen LogP contribution is 2.64. The SMILES string of the molecule is O=C(C=Cc1ccccc1)OCCN1C(=O)C2C3C=C(C(O)(c4ccccc4)c4ccccn4)C(C3=C(c3ccccc3)c3ccccn3)C2C1=O. The van der Waals surface area contributed by atoms with Gasteiger partial charge in [-0.3, -0.25) is 24.5 Å².